The van der Waals surface area contributed by atoms with Gasteiger partial charge < -0.3 is 15.2 Å². The van der Waals surface area contributed by atoms with Crippen molar-refractivity contribution < 1.29 is 19.2 Å². The lowest BCUT2D eigenvalue weighted by atomic mass is 10.1. The predicted molar refractivity (Wildman–Crippen MR) is 93.2 cm³/mol. The van der Waals surface area contributed by atoms with E-state index in [1.807, 2.05) is 0 Å². The predicted octanol–water partition coefficient (Wildman–Crippen LogP) is 2.57. The SMILES string of the molecule is COc1cc(C=C(C#N)C(N)=O)ccc1OCc1ccc([N+](=O)[O-])cc1. The highest BCUT2D eigenvalue weighted by Gasteiger charge is 2.09. The topological polar surface area (TPSA) is 128 Å². The summed E-state index contributed by atoms with van der Waals surface area (Å²) in [5.74, 6) is 0.0352. The van der Waals surface area contributed by atoms with Crippen molar-refractivity contribution in [3.8, 4) is 17.6 Å². The van der Waals surface area contributed by atoms with Gasteiger partial charge in [0.25, 0.3) is 11.6 Å². The molecule has 0 unspecified atom stereocenters. The maximum atomic E-state index is 11.1. The second-order valence-electron chi connectivity index (χ2n) is 5.16. The summed E-state index contributed by atoms with van der Waals surface area (Å²) in [5.41, 5.74) is 6.25. The molecule has 1 amide bonds. The van der Waals surface area contributed by atoms with Gasteiger partial charge in [0.15, 0.2) is 11.5 Å². The van der Waals surface area contributed by atoms with E-state index in [1.54, 1.807) is 36.4 Å². The number of amides is 1. The minimum Gasteiger partial charge on any atom is -0.493 e. The van der Waals surface area contributed by atoms with Crippen LogP contribution in [-0.2, 0) is 11.4 Å². The Balaban J connectivity index is 2.16. The van der Waals surface area contributed by atoms with Crippen LogP contribution in [0.3, 0.4) is 0 Å². The van der Waals surface area contributed by atoms with Gasteiger partial charge in [-0.25, -0.2) is 0 Å². The van der Waals surface area contributed by atoms with E-state index in [9.17, 15) is 14.9 Å². The van der Waals surface area contributed by atoms with Crippen LogP contribution in [0.15, 0.2) is 48.0 Å². The molecule has 2 aromatic rings. The highest BCUT2D eigenvalue weighted by atomic mass is 16.6. The third-order valence-corrected chi connectivity index (χ3v) is 3.43. The highest BCUT2D eigenvalue weighted by Crippen LogP contribution is 2.29. The summed E-state index contributed by atoms with van der Waals surface area (Å²) in [6.07, 6.45) is 1.35. The molecule has 0 saturated carbocycles. The first-order chi connectivity index (χ1) is 12.4. The van der Waals surface area contributed by atoms with Gasteiger partial charge in [0.05, 0.1) is 12.0 Å². The van der Waals surface area contributed by atoms with Crippen molar-refractivity contribution in [2.75, 3.05) is 7.11 Å². The van der Waals surface area contributed by atoms with E-state index in [0.717, 1.165) is 5.56 Å². The number of nitrogens with zero attached hydrogens (tertiary/aromatic N) is 2. The summed E-state index contributed by atoms with van der Waals surface area (Å²) in [5, 5.41) is 19.5. The molecule has 0 saturated heterocycles. The molecule has 0 bridgehead atoms. The maximum absolute atomic E-state index is 11.1. The molecule has 2 aromatic carbocycles. The van der Waals surface area contributed by atoms with Crippen LogP contribution in [0.5, 0.6) is 11.5 Å². The van der Waals surface area contributed by atoms with Gasteiger partial charge in [0.2, 0.25) is 0 Å². The van der Waals surface area contributed by atoms with Crippen LogP contribution in [0.4, 0.5) is 5.69 Å². The standard InChI is InChI=1S/C18H15N3O5/c1-25-17-9-13(8-14(10-19)18(20)22)4-7-16(17)26-11-12-2-5-15(6-3-12)21(23)24/h2-9H,11H2,1H3,(H2,20,22). The van der Waals surface area contributed by atoms with E-state index >= 15 is 0 Å². The lowest BCUT2D eigenvalue weighted by molar-refractivity contribution is -0.384. The van der Waals surface area contributed by atoms with Crippen molar-refractivity contribution in [1.29, 1.82) is 5.26 Å². The molecule has 0 radical (unpaired) electrons. The van der Waals surface area contributed by atoms with E-state index in [4.69, 9.17) is 20.5 Å². The van der Waals surface area contributed by atoms with Gasteiger partial charge in [0.1, 0.15) is 18.2 Å². The Morgan fingerprint density at radius 1 is 1.27 bits per heavy atom. The summed E-state index contributed by atoms with van der Waals surface area (Å²) in [4.78, 5) is 21.3. The lowest BCUT2D eigenvalue weighted by Crippen LogP contribution is -2.12. The number of nitrogens with two attached hydrogens (primary N) is 1. The number of nitro groups is 1. The van der Waals surface area contributed by atoms with Crippen LogP contribution >= 0.6 is 0 Å². The summed E-state index contributed by atoms with van der Waals surface area (Å²) in [6, 6.07) is 12.6. The zero-order chi connectivity index (χ0) is 19.1. The van der Waals surface area contributed by atoms with E-state index in [1.165, 1.54) is 25.3 Å². The van der Waals surface area contributed by atoms with Crippen LogP contribution in [0, 0.1) is 21.4 Å². The summed E-state index contributed by atoms with van der Waals surface area (Å²) >= 11 is 0. The normalized spacial score (nSPS) is 10.7. The fraction of sp³-hybridized carbons (Fsp3) is 0.111. The molecular weight excluding hydrogens is 338 g/mol. The number of primary amides is 1. The number of nitriles is 1. The molecular formula is C18H15N3O5. The van der Waals surface area contributed by atoms with E-state index < -0.39 is 10.8 Å². The van der Waals surface area contributed by atoms with Crippen molar-refractivity contribution in [3.63, 3.8) is 0 Å². The number of hydrogen-bond donors (Lipinski definition) is 1. The summed E-state index contributed by atoms with van der Waals surface area (Å²) in [7, 11) is 1.46. The number of nitro benzene ring substituents is 1. The van der Waals surface area contributed by atoms with Gasteiger partial charge in [-0.05, 0) is 41.5 Å². The molecule has 0 aliphatic heterocycles. The highest BCUT2D eigenvalue weighted by molar-refractivity contribution is 6.00. The third-order valence-electron chi connectivity index (χ3n) is 3.43. The summed E-state index contributed by atoms with van der Waals surface area (Å²) < 4.78 is 10.9. The second-order valence-corrected chi connectivity index (χ2v) is 5.16. The zero-order valence-electron chi connectivity index (χ0n) is 13.8. The Morgan fingerprint density at radius 2 is 1.96 bits per heavy atom. The molecule has 26 heavy (non-hydrogen) atoms. The van der Waals surface area contributed by atoms with Crippen LogP contribution < -0.4 is 15.2 Å². The fourth-order valence-corrected chi connectivity index (χ4v) is 2.09. The summed E-state index contributed by atoms with van der Waals surface area (Å²) in [6.45, 7) is 0.189. The molecule has 8 heteroatoms. The fourth-order valence-electron chi connectivity index (χ4n) is 2.09. The Bertz CT molecular complexity index is 898. The quantitative estimate of drug-likeness (QED) is 0.352. The van der Waals surface area contributed by atoms with Crippen molar-refractivity contribution in [1.82, 2.24) is 0 Å². The van der Waals surface area contributed by atoms with Gasteiger partial charge in [-0.15, -0.1) is 0 Å². The average Bonchev–Trinajstić information content (AvgIpc) is 2.64. The first-order valence-corrected chi connectivity index (χ1v) is 7.40. The Hall–Kier alpha value is -3.86. The molecule has 2 N–H and O–H groups in total. The zero-order valence-corrected chi connectivity index (χ0v) is 13.8. The maximum Gasteiger partial charge on any atom is 0.269 e. The molecule has 0 aromatic heterocycles. The third kappa shape index (κ3) is 4.58. The number of carbonyl (C=O) groups excluding carboxylic acids is 1. The number of methoxy groups -OCH3 is 1. The molecule has 0 fully saturated rings. The smallest absolute Gasteiger partial charge is 0.269 e. The molecule has 8 nitrogen and oxygen atoms in total. The van der Waals surface area contributed by atoms with Crippen molar-refractivity contribution in [2.24, 2.45) is 5.73 Å². The number of non-ortho nitro benzene ring substituents is 1. The Kier molecular flexibility index (Phi) is 5.90. The van der Waals surface area contributed by atoms with Crippen LogP contribution in [0.1, 0.15) is 11.1 Å². The molecule has 0 spiro atoms. The first kappa shape index (κ1) is 18.5. The van der Waals surface area contributed by atoms with Crippen molar-refractivity contribution in [3.05, 3.63) is 69.3 Å². The number of hydrogen-bond acceptors (Lipinski definition) is 6. The van der Waals surface area contributed by atoms with Gasteiger partial charge in [-0.2, -0.15) is 5.26 Å². The van der Waals surface area contributed by atoms with Crippen LogP contribution in [0.2, 0.25) is 0 Å². The van der Waals surface area contributed by atoms with E-state index in [0.29, 0.717) is 17.1 Å². The van der Waals surface area contributed by atoms with Crippen LogP contribution in [0.25, 0.3) is 6.08 Å². The molecule has 0 aliphatic rings. The number of carbonyl (C=O) groups is 1. The minimum atomic E-state index is -0.815. The van der Waals surface area contributed by atoms with Crippen LogP contribution in [-0.4, -0.2) is 17.9 Å². The number of rotatable bonds is 7. The van der Waals surface area contributed by atoms with Gasteiger partial charge in [0, 0.05) is 12.1 Å². The largest absolute Gasteiger partial charge is 0.493 e. The van der Waals surface area contributed by atoms with Gasteiger partial charge >= 0.3 is 0 Å². The molecule has 132 valence electrons. The van der Waals surface area contributed by atoms with Crippen molar-refractivity contribution >= 4 is 17.7 Å². The molecule has 0 heterocycles. The Morgan fingerprint density at radius 3 is 2.50 bits per heavy atom. The van der Waals surface area contributed by atoms with Gasteiger partial charge in [-0.1, -0.05) is 6.07 Å². The van der Waals surface area contributed by atoms with E-state index in [-0.39, 0.29) is 17.9 Å². The molecule has 0 atom stereocenters. The second kappa shape index (κ2) is 8.30. The lowest BCUT2D eigenvalue weighted by Gasteiger charge is -2.11. The average molecular weight is 353 g/mol. The minimum absolute atomic E-state index is 0.00483. The van der Waals surface area contributed by atoms with Gasteiger partial charge in [-0.3, -0.25) is 14.9 Å². The number of ether oxygens (including phenoxy) is 2. The number of benzene rings is 2. The monoisotopic (exact) mass is 353 g/mol. The first-order valence-electron chi connectivity index (χ1n) is 7.40. The van der Waals surface area contributed by atoms with E-state index in [2.05, 4.69) is 0 Å². The van der Waals surface area contributed by atoms with Crippen molar-refractivity contribution in [2.45, 2.75) is 6.61 Å². The molecule has 2 rings (SSSR count). The Labute approximate surface area is 149 Å². The molecule has 0 aliphatic carbocycles.